The van der Waals surface area contributed by atoms with E-state index in [2.05, 4.69) is 0 Å². The molecule has 0 aliphatic rings. The molecule has 84 valence electrons. The molecule has 2 N–H and O–H groups in total. The highest BCUT2D eigenvalue weighted by Gasteiger charge is 2.32. The molecule has 4 heteroatoms. The summed E-state index contributed by atoms with van der Waals surface area (Å²) in [5.74, 6) is 0.659. The van der Waals surface area contributed by atoms with Crippen LogP contribution in [0.2, 0.25) is 0 Å². The maximum absolute atomic E-state index is 12.6. The first kappa shape index (κ1) is 11.9. The lowest BCUT2D eigenvalue weighted by Gasteiger charge is -2.24. The molecule has 0 aliphatic heterocycles. The van der Waals surface area contributed by atoms with E-state index in [0.717, 1.165) is 0 Å². The molecule has 1 atom stereocenters. The van der Waals surface area contributed by atoms with Gasteiger partial charge < -0.3 is 10.5 Å². The van der Waals surface area contributed by atoms with E-state index in [1.54, 1.807) is 24.3 Å². The number of nitrogens with two attached hydrogens (primary N) is 1. The topological polar surface area (TPSA) is 35.2 Å². The van der Waals surface area contributed by atoms with Crippen LogP contribution in [0.25, 0.3) is 0 Å². The van der Waals surface area contributed by atoms with Crippen LogP contribution in [0, 0.1) is 0 Å². The molecule has 2 nitrogen and oxygen atoms in total. The number of hydrogen-bond acceptors (Lipinski definition) is 2. The van der Waals surface area contributed by atoms with Crippen molar-refractivity contribution in [2.45, 2.75) is 25.8 Å². The largest absolute Gasteiger partial charge is 0.494 e. The number of rotatable bonds is 4. The molecule has 0 radical (unpaired) electrons. The maximum atomic E-state index is 12.6. The second-order valence-corrected chi connectivity index (χ2v) is 3.54. The van der Waals surface area contributed by atoms with Crippen LogP contribution in [0.1, 0.15) is 19.4 Å². The van der Waals surface area contributed by atoms with Crippen LogP contribution in [0.5, 0.6) is 5.75 Å². The van der Waals surface area contributed by atoms with E-state index >= 15 is 0 Å². The average molecular weight is 215 g/mol. The van der Waals surface area contributed by atoms with Gasteiger partial charge in [-0.25, -0.2) is 8.78 Å². The fraction of sp³-hybridized carbons (Fsp3) is 0.455. The second-order valence-electron chi connectivity index (χ2n) is 3.54. The Labute approximate surface area is 88.0 Å². The van der Waals surface area contributed by atoms with Crippen molar-refractivity contribution in [2.24, 2.45) is 5.73 Å². The minimum absolute atomic E-state index is 0.404. The Morgan fingerprint density at radius 2 is 1.87 bits per heavy atom. The first-order valence-corrected chi connectivity index (χ1v) is 4.79. The van der Waals surface area contributed by atoms with Gasteiger partial charge in [-0.15, -0.1) is 0 Å². The van der Waals surface area contributed by atoms with Crippen molar-refractivity contribution >= 4 is 0 Å². The van der Waals surface area contributed by atoms with E-state index in [1.807, 2.05) is 6.92 Å². The van der Waals surface area contributed by atoms with Crippen molar-refractivity contribution in [3.05, 3.63) is 29.8 Å². The van der Waals surface area contributed by atoms with E-state index < -0.39 is 12.0 Å². The van der Waals surface area contributed by atoms with Gasteiger partial charge in [-0.3, -0.25) is 0 Å². The minimum Gasteiger partial charge on any atom is -0.494 e. The summed E-state index contributed by atoms with van der Waals surface area (Å²) in [6, 6.07) is 6.42. The lowest BCUT2D eigenvalue weighted by atomic mass is 9.94. The maximum Gasteiger partial charge on any atom is 0.260 e. The Morgan fingerprint density at radius 1 is 1.33 bits per heavy atom. The molecule has 0 fully saturated rings. The summed E-state index contributed by atoms with van der Waals surface area (Å²) in [7, 11) is 0. The predicted octanol–water partition coefficient (Wildman–Crippen LogP) is 2.52. The van der Waals surface area contributed by atoms with Gasteiger partial charge in [-0.05, 0) is 31.5 Å². The Morgan fingerprint density at radius 3 is 2.27 bits per heavy atom. The molecule has 0 bridgehead atoms. The van der Waals surface area contributed by atoms with Gasteiger partial charge in [0, 0.05) is 0 Å². The lowest BCUT2D eigenvalue weighted by Crippen LogP contribution is -2.40. The second kappa shape index (κ2) is 4.57. The number of hydrogen-bond donors (Lipinski definition) is 1. The number of ether oxygens (including phenoxy) is 1. The monoisotopic (exact) mass is 215 g/mol. The third-order valence-corrected chi connectivity index (χ3v) is 2.24. The number of benzene rings is 1. The van der Waals surface area contributed by atoms with Crippen molar-refractivity contribution in [1.82, 2.24) is 0 Å². The molecule has 0 saturated carbocycles. The van der Waals surface area contributed by atoms with Gasteiger partial charge in [0.1, 0.15) is 5.75 Å². The van der Waals surface area contributed by atoms with Gasteiger partial charge in [0.15, 0.2) is 0 Å². The van der Waals surface area contributed by atoms with Crippen LogP contribution in [0.4, 0.5) is 8.78 Å². The third kappa shape index (κ3) is 2.65. The molecular weight excluding hydrogens is 200 g/mol. The van der Waals surface area contributed by atoms with Crippen molar-refractivity contribution < 1.29 is 13.5 Å². The summed E-state index contributed by atoms with van der Waals surface area (Å²) in [6.45, 7) is 3.72. The van der Waals surface area contributed by atoms with Crippen LogP contribution in [0.3, 0.4) is 0 Å². The molecule has 1 aromatic rings. The van der Waals surface area contributed by atoms with Crippen LogP contribution >= 0.6 is 0 Å². The lowest BCUT2D eigenvalue weighted by molar-refractivity contribution is 0.0625. The van der Waals surface area contributed by atoms with Gasteiger partial charge in [0.2, 0.25) is 0 Å². The molecule has 0 saturated heterocycles. The van der Waals surface area contributed by atoms with E-state index in [-0.39, 0.29) is 0 Å². The van der Waals surface area contributed by atoms with Gasteiger partial charge in [-0.2, -0.15) is 0 Å². The van der Waals surface area contributed by atoms with E-state index in [4.69, 9.17) is 10.5 Å². The Kier molecular flexibility index (Phi) is 3.63. The molecule has 0 spiro atoms. The van der Waals surface area contributed by atoms with Crippen LogP contribution in [0.15, 0.2) is 24.3 Å². The van der Waals surface area contributed by atoms with E-state index in [1.165, 1.54) is 6.92 Å². The Hall–Kier alpha value is -1.16. The highest BCUT2D eigenvalue weighted by atomic mass is 19.3. The average Bonchev–Trinajstić information content (AvgIpc) is 2.19. The summed E-state index contributed by atoms with van der Waals surface area (Å²) in [5, 5.41) is 0. The zero-order valence-corrected chi connectivity index (χ0v) is 8.84. The van der Waals surface area contributed by atoms with Gasteiger partial charge >= 0.3 is 0 Å². The summed E-state index contributed by atoms with van der Waals surface area (Å²) in [6.07, 6.45) is -2.59. The molecule has 1 rings (SSSR count). The normalized spacial score (nSPS) is 15.1. The van der Waals surface area contributed by atoms with Crippen molar-refractivity contribution in [3.63, 3.8) is 0 Å². The smallest absolute Gasteiger partial charge is 0.260 e. The van der Waals surface area contributed by atoms with E-state index in [0.29, 0.717) is 17.9 Å². The highest BCUT2D eigenvalue weighted by Crippen LogP contribution is 2.26. The molecule has 0 amide bonds. The van der Waals surface area contributed by atoms with Gasteiger partial charge in [0.25, 0.3) is 6.43 Å². The minimum atomic E-state index is -2.59. The molecule has 1 aromatic carbocycles. The van der Waals surface area contributed by atoms with Crippen LogP contribution < -0.4 is 10.5 Å². The van der Waals surface area contributed by atoms with Crippen molar-refractivity contribution in [2.75, 3.05) is 6.61 Å². The highest BCUT2D eigenvalue weighted by molar-refractivity contribution is 5.31. The molecular formula is C11H15F2NO. The van der Waals surface area contributed by atoms with Crippen molar-refractivity contribution in [3.8, 4) is 5.75 Å². The van der Waals surface area contributed by atoms with Gasteiger partial charge in [-0.1, -0.05) is 12.1 Å². The van der Waals surface area contributed by atoms with E-state index in [9.17, 15) is 8.78 Å². The predicted molar refractivity (Wildman–Crippen MR) is 55.2 cm³/mol. The number of alkyl halides is 2. The molecule has 0 aliphatic carbocycles. The molecule has 15 heavy (non-hydrogen) atoms. The molecule has 0 aromatic heterocycles. The zero-order chi connectivity index (χ0) is 11.5. The Balaban J connectivity index is 2.88. The fourth-order valence-electron chi connectivity index (χ4n) is 1.20. The van der Waals surface area contributed by atoms with Gasteiger partial charge in [0.05, 0.1) is 12.1 Å². The standard InChI is InChI=1S/C11H15F2NO/c1-3-15-9-6-4-8(5-7-9)11(2,14)10(12)13/h4-7,10H,3,14H2,1-2H3. The zero-order valence-electron chi connectivity index (χ0n) is 8.84. The van der Waals surface area contributed by atoms with Crippen molar-refractivity contribution in [1.29, 1.82) is 0 Å². The Bertz CT molecular complexity index is 309. The summed E-state index contributed by atoms with van der Waals surface area (Å²) in [5.41, 5.74) is 4.31. The SMILES string of the molecule is CCOc1ccc(C(C)(N)C(F)F)cc1. The first-order valence-electron chi connectivity index (χ1n) is 4.79. The summed E-state index contributed by atoms with van der Waals surface area (Å²) in [4.78, 5) is 0. The quantitative estimate of drug-likeness (QED) is 0.837. The first-order chi connectivity index (χ1) is 6.98. The molecule has 1 unspecified atom stereocenters. The third-order valence-electron chi connectivity index (χ3n) is 2.24. The molecule has 0 heterocycles. The number of halogens is 2. The summed E-state index contributed by atoms with van der Waals surface area (Å²) < 4.78 is 30.4. The van der Waals surface area contributed by atoms with Crippen LogP contribution in [-0.4, -0.2) is 13.0 Å². The summed E-state index contributed by atoms with van der Waals surface area (Å²) >= 11 is 0. The van der Waals surface area contributed by atoms with Crippen LogP contribution in [-0.2, 0) is 5.54 Å². The fourth-order valence-corrected chi connectivity index (χ4v) is 1.20.